The predicted octanol–water partition coefficient (Wildman–Crippen LogP) is 3.13. The number of fused-ring (bicyclic) bond motifs is 1. The summed E-state index contributed by atoms with van der Waals surface area (Å²) in [5.74, 6) is 0.211. The van der Waals surface area contributed by atoms with Gasteiger partial charge in [0.15, 0.2) is 5.78 Å². The first kappa shape index (κ1) is 11.4. The molecule has 1 aliphatic rings. The van der Waals surface area contributed by atoms with Crippen molar-refractivity contribution in [2.45, 2.75) is 25.4 Å². The minimum Gasteiger partial charge on any atom is -0.370 e. The molecule has 0 amide bonds. The van der Waals surface area contributed by atoms with E-state index in [1.54, 1.807) is 0 Å². The number of hydrogen-bond donors (Lipinski definition) is 0. The van der Waals surface area contributed by atoms with Gasteiger partial charge in [-0.3, -0.25) is 4.79 Å². The number of rotatable bonds is 3. The summed E-state index contributed by atoms with van der Waals surface area (Å²) in [6.07, 6.45) is 2.20. The van der Waals surface area contributed by atoms with E-state index in [4.69, 9.17) is 4.74 Å². The molecule has 3 rings (SSSR count). The lowest BCUT2D eigenvalue weighted by atomic mass is 10.0. The van der Waals surface area contributed by atoms with Crippen LogP contribution in [0.5, 0.6) is 0 Å². The molecular formula is C16H16O2. The summed E-state index contributed by atoms with van der Waals surface area (Å²) in [6, 6.07) is 14.4. The Morgan fingerprint density at radius 3 is 2.78 bits per heavy atom. The van der Waals surface area contributed by atoms with Gasteiger partial charge >= 0.3 is 0 Å². The molecule has 1 atom stereocenters. The highest BCUT2D eigenvalue weighted by atomic mass is 16.5. The van der Waals surface area contributed by atoms with Crippen molar-refractivity contribution in [3.05, 3.63) is 48.0 Å². The van der Waals surface area contributed by atoms with Crippen LogP contribution in [0.15, 0.2) is 42.5 Å². The normalized spacial score (nSPS) is 19.2. The second kappa shape index (κ2) is 4.91. The minimum absolute atomic E-state index is 0.170. The number of hydrogen-bond acceptors (Lipinski definition) is 2. The van der Waals surface area contributed by atoms with Gasteiger partial charge in [-0.2, -0.15) is 0 Å². The van der Waals surface area contributed by atoms with Gasteiger partial charge in [0.2, 0.25) is 0 Å². The molecule has 1 unspecified atom stereocenters. The maximum atomic E-state index is 12.0. The Labute approximate surface area is 107 Å². The first-order valence-corrected chi connectivity index (χ1v) is 6.45. The molecule has 2 aromatic carbocycles. The van der Waals surface area contributed by atoms with Gasteiger partial charge in [-0.25, -0.2) is 0 Å². The van der Waals surface area contributed by atoms with Crippen LogP contribution < -0.4 is 0 Å². The molecule has 0 bridgehead atoms. The van der Waals surface area contributed by atoms with Gasteiger partial charge < -0.3 is 4.74 Å². The van der Waals surface area contributed by atoms with Crippen molar-refractivity contribution in [1.82, 2.24) is 0 Å². The highest BCUT2D eigenvalue weighted by Crippen LogP contribution is 2.19. The minimum atomic E-state index is -0.170. The van der Waals surface area contributed by atoms with Gasteiger partial charge in [0.05, 0.1) is 0 Å². The van der Waals surface area contributed by atoms with Crippen LogP contribution in [0.3, 0.4) is 0 Å². The summed E-state index contributed by atoms with van der Waals surface area (Å²) in [5, 5.41) is 2.40. The quantitative estimate of drug-likeness (QED) is 0.824. The lowest BCUT2D eigenvalue weighted by Gasteiger charge is -2.08. The Balaban J connectivity index is 1.79. The van der Waals surface area contributed by atoms with Crippen molar-refractivity contribution >= 4 is 16.6 Å². The number of Topliss-reactive ketones (excluding diaryl/α,β-unsaturated/α-hetero) is 1. The summed E-state index contributed by atoms with van der Waals surface area (Å²) in [6.45, 7) is 0.730. The van der Waals surface area contributed by atoms with E-state index in [9.17, 15) is 4.79 Å². The SMILES string of the molecule is O=C(Cc1ccc2ccccc2c1)C1CCCO1. The molecule has 0 spiro atoms. The molecule has 0 radical (unpaired) electrons. The Kier molecular flexibility index (Phi) is 3.11. The Morgan fingerprint density at radius 1 is 1.17 bits per heavy atom. The highest BCUT2D eigenvalue weighted by Gasteiger charge is 2.23. The van der Waals surface area contributed by atoms with E-state index >= 15 is 0 Å². The van der Waals surface area contributed by atoms with Crippen molar-refractivity contribution in [1.29, 1.82) is 0 Å². The molecule has 1 saturated heterocycles. The van der Waals surface area contributed by atoms with Crippen LogP contribution in [0.1, 0.15) is 18.4 Å². The molecule has 18 heavy (non-hydrogen) atoms. The molecule has 0 aliphatic carbocycles. The van der Waals surface area contributed by atoms with Crippen LogP contribution in [0.25, 0.3) is 10.8 Å². The maximum absolute atomic E-state index is 12.0. The van der Waals surface area contributed by atoms with Crippen LogP contribution in [0.2, 0.25) is 0 Å². The zero-order valence-corrected chi connectivity index (χ0v) is 10.3. The molecule has 0 N–H and O–H groups in total. The van der Waals surface area contributed by atoms with E-state index in [-0.39, 0.29) is 11.9 Å². The van der Waals surface area contributed by atoms with Crippen LogP contribution >= 0.6 is 0 Å². The smallest absolute Gasteiger partial charge is 0.165 e. The van der Waals surface area contributed by atoms with Crippen molar-refractivity contribution in [3.63, 3.8) is 0 Å². The zero-order chi connectivity index (χ0) is 12.4. The highest BCUT2D eigenvalue weighted by molar-refractivity contribution is 5.88. The fraction of sp³-hybridized carbons (Fsp3) is 0.312. The average molecular weight is 240 g/mol. The van der Waals surface area contributed by atoms with E-state index in [0.717, 1.165) is 25.0 Å². The molecule has 0 saturated carbocycles. The fourth-order valence-electron chi connectivity index (χ4n) is 2.50. The lowest BCUT2D eigenvalue weighted by Crippen LogP contribution is -2.21. The van der Waals surface area contributed by atoms with Crippen LogP contribution in [0.4, 0.5) is 0 Å². The van der Waals surface area contributed by atoms with E-state index in [2.05, 4.69) is 24.3 Å². The largest absolute Gasteiger partial charge is 0.370 e. The van der Waals surface area contributed by atoms with Crippen LogP contribution in [0, 0.1) is 0 Å². The van der Waals surface area contributed by atoms with Gasteiger partial charge in [-0.15, -0.1) is 0 Å². The van der Waals surface area contributed by atoms with E-state index in [1.807, 2.05) is 18.2 Å². The molecule has 1 fully saturated rings. The maximum Gasteiger partial charge on any atom is 0.165 e. The van der Waals surface area contributed by atoms with Gasteiger partial charge in [0, 0.05) is 13.0 Å². The molecule has 2 nitrogen and oxygen atoms in total. The number of ether oxygens (including phenoxy) is 1. The van der Waals surface area contributed by atoms with Crippen molar-refractivity contribution in [3.8, 4) is 0 Å². The third kappa shape index (κ3) is 2.29. The predicted molar refractivity (Wildman–Crippen MR) is 71.6 cm³/mol. The van der Waals surface area contributed by atoms with E-state index < -0.39 is 0 Å². The molecule has 1 heterocycles. The van der Waals surface area contributed by atoms with Gasteiger partial charge in [-0.05, 0) is 29.2 Å². The van der Waals surface area contributed by atoms with E-state index in [0.29, 0.717) is 6.42 Å². The third-order valence-electron chi connectivity index (χ3n) is 3.48. The van der Waals surface area contributed by atoms with Crippen LogP contribution in [-0.4, -0.2) is 18.5 Å². The molecule has 0 aromatic heterocycles. The second-order valence-corrected chi connectivity index (χ2v) is 4.83. The topological polar surface area (TPSA) is 26.3 Å². The van der Waals surface area contributed by atoms with Gasteiger partial charge in [0.1, 0.15) is 6.10 Å². The van der Waals surface area contributed by atoms with Gasteiger partial charge in [-0.1, -0.05) is 42.5 Å². The standard InChI is InChI=1S/C16H16O2/c17-15(16-6-3-9-18-16)11-12-7-8-13-4-1-2-5-14(13)10-12/h1-2,4-5,7-8,10,16H,3,6,9,11H2. The number of ketones is 1. The molecule has 92 valence electrons. The Morgan fingerprint density at radius 2 is 2.00 bits per heavy atom. The lowest BCUT2D eigenvalue weighted by molar-refractivity contribution is -0.127. The second-order valence-electron chi connectivity index (χ2n) is 4.83. The summed E-state index contributed by atoms with van der Waals surface area (Å²) in [4.78, 5) is 12.0. The number of benzene rings is 2. The van der Waals surface area contributed by atoms with Gasteiger partial charge in [0.25, 0.3) is 0 Å². The summed E-state index contributed by atoms with van der Waals surface area (Å²) < 4.78 is 5.42. The molecule has 2 aromatic rings. The summed E-state index contributed by atoms with van der Waals surface area (Å²) in [7, 11) is 0. The summed E-state index contributed by atoms with van der Waals surface area (Å²) in [5.41, 5.74) is 1.08. The molecule has 2 heteroatoms. The average Bonchev–Trinajstić information content (AvgIpc) is 2.92. The fourth-order valence-corrected chi connectivity index (χ4v) is 2.50. The number of carbonyl (C=O) groups excluding carboxylic acids is 1. The summed E-state index contributed by atoms with van der Waals surface area (Å²) >= 11 is 0. The third-order valence-corrected chi connectivity index (χ3v) is 3.48. The van der Waals surface area contributed by atoms with E-state index in [1.165, 1.54) is 10.8 Å². The monoisotopic (exact) mass is 240 g/mol. The Hall–Kier alpha value is -1.67. The number of carbonyl (C=O) groups is 1. The van der Waals surface area contributed by atoms with Crippen molar-refractivity contribution in [2.24, 2.45) is 0 Å². The van der Waals surface area contributed by atoms with Crippen molar-refractivity contribution in [2.75, 3.05) is 6.61 Å². The first-order chi connectivity index (χ1) is 8.83. The Bertz CT molecular complexity index is 568. The first-order valence-electron chi connectivity index (χ1n) is 6.45. The van der Waals surface area contributed by atoms with Crippen LogP contribution in [-0.2, 0) is 16.0 Å². The van der Waals surface area contributed by atoms with Crippen molar-refractivity contribution < 1.29 is 9.53 Å². The molecular weight excluding hydrogens is 224 g/mol. The molecule has 1 aliphatic heterocycles. The zero-order valence-electron chi connectivity index (χ0n) is 10.3.